The van der Waals surface area contributed by atoms with Crippen molar-refractivity contribution in [3.05, 3.63) is 40.9 Å². The number of hydrazone groups is 1. The van der Waals surface area contributed by atoms with E-state index in [9.17, 15) is 0 Å². The van der Waals surface area contributed by atoms with Crippen LogP contribution in [0.1, 0.15) is 31.0 Å². The van der Waals surface area contributed by atoms with Crippen LogP contribution in [0.15, 0.2) is 34.7 Å². The lowest BCUT2D eigenvalue weighted by molar-refractivity contribution is 0.153. The molecular weight excluding hydrogens is 332 g/mol. The molecule has 0 aliphatic carbocycles. The number of rotatable bonds is 7. The first-order valence-electron chi connectivity index (χ1n) is 8.86. The first kappa shape index (κ1) is 17.9. The zero-order valence-corrected chi connectivity index (χ0v) is 15.8. The smallest absolute Gasteiger partial charge is 0.203 e. The summed E-state index contributed by atoms with van der Waals surface area (Å²) >= 11 is 1.55. The number of nitrogens with one attached hydrogen (secondary N) is 1. The quantitative estimate of drug-likeness (QED) is 0.600. The molecule has 2 aromatic rings. The van der Waals surface area contributed by atoms with Crippen LogP contribution in [0.25, 0.3) is 0 Å². The Morgan fingerprint density at radius 1 is 1.44 bits per heavy atom. The molecule has 6 heteroatoms. The minimum Gasteiger partial charge on any atom is -0.492 e. The monoisotopic (exact) mass is 358 g/mol. The summed E-state index contributed by atoms with van der Waals surface area (Å²) in [5, 5.41) is 7.07. The van der Waals surface area contributed by atoms with Crippen LogP contribution in [0, 0.1) is 12.8 Å². The molecule has 1 aromatic carbocycles. The van der Waals surface area contributed by atoms with Crippen molar-refractivity contribution >= 4 is 22.7 Å². The average molecular weight is 359 g/mol. The molecule has 1 atom stereocenters. The topological polar surface area (TPSA) is 49.8 Å². The molecule has 2 heterocycles. The van der Waals surface area contributed by atoms with Crippen LogP contribution in [0.3, 0.4) is 0 Å². The number of hydrogen-bond donors (Lipinski definition) is 1. The normalized spacial score (nSPS) is 18.6. The summed E-state index contributed by atoms with van der Waals surface area (Å²) in [7, 11) is 0. The molecule has 1 unspecified atom stereocenters. The second-order valence-electron chi connectivity index (χ2n) is 6.60. The first-order valence-corrected chi connectivity index (χ1v) is 9.74. The minimum absolute atomic E-state index is 0.705. The van der Waals surface area contributed by atoms with Crippen LogP contribution in [0.4, 0.5) is 5.13 Å². The SMILES string of the molecule is Cc1csc(NN=Cc2ccccc2OCCN2CCCC(C)C2)n1. The second kappa shape index (κ2) is 8.97. The molecule has 0 amide bonds. The fraction of sp³-hybridized carbons (Fsp3) is 0.474. The Balaban J connectivity index is 1.51. The lowest BCUT2D eigenvalue weighted by Crippen LogP contribution is -2.37. The molecule has 1 fully saturated rings. The van der Waals surface area contributed by atoms with Gasteiger partial charge in [-0.2, -0.15) is 5.10 Å². The molecule has 0 radical (unpaired) electrons. The van der Waals surface area contributed by atoms with E-state index in [0.717, 1.165) is 34.6 Å². The van der Waals surface area contributed by atoms with Crippen molar-refractivity contribution in [1.29, 1.82) is 0 Å². The highest BCUT2D eigenvalue weighted by molar-refractivity contribution is 7.13. The molecule has 0 bridgehead atoms. The van der Waals surface area contributed by atoms with Gasteiger partial charge in [0.1, 0.15) is 12.4 Å². The van der Waals surface area contributed by atoms with Crippen molar-refractivity contribution in [3.8, 4) is 5.75 Å². The number of anilines is 1. The summed E-state index contributed by atoms with van der Waals surface area (Å²) in [4.78, 5) is 6.83. The van der Waals surface area contributed by atoms with Crippen molar-refractivity contribution in [2.75, 3.05) is 31.7 Å². The van der Waals surface area contributed by atoms with Crippen molar-refractivity contribution < 1.29 is 4.74 Å². The predicted octanol–water partition coefficient (Wildman–Crippen LogP) is 4.01. The maximum atomic E-state index is 6.01. The van der Waals surface area contributed by atoms with E-state index in [-0.39, 0.29) is 0 Å². The molecule has 5 nitrogen and oxygen atoms in total. The molecule has 1 aliphatic heterocycles. The van der Waals surface area contributed by atoms with Gasteiger partial charge in [0.05, 0.1) is 11.9 Å². The maximum Gasteiger partial charge on any atom is 0.203 e. The van der Waals surface area contributed by atoms with E-state index in [0.29, 0.717) is 6.61 Å². The van der Waals surface area contributed by atoms with Gasteiger partial charge in [-0.15, -0.1) is 11.3 Å². The maximum absolute atomic E-state index is 6.01. The number of piperidine rings is 1. The van der Waals surface area contributed by atoms with Gasteiger partial charge in [-0.25, -0.2) is 4.98 Å². The second-order valence-corrected chi connectivity index (χ2v) is 7.46. The van der Waals surface area contributed by atoms with Crippen LogP contribution < -0.4 is 10.2 Å². The molecule has 25 heavy (non-hydrogen) atoms. The summed E-state index contributed by atoms with van der Waals surface area (Å²) in [6.07, 6.45) is 4.43. The van der Waals surface area contributed by atoms with E-state index < -0.39 is 0 Å². The van der Waals surface area contributed by atoms with Crippen molar-refractivity contribution in [3.63, 3.8) is 0 Å². The minimum atomic E-state index is 0.705. The van der Waals surface area contributed by atoms with Gasteiger partial charge in [0, 0.05) is 24.0 Å². The van der Waals surface area contributed by atoms with Crippen LogP contribution in [-0.2, 0) is 0 Å². The summed E-state index contributed by atoms with van der Waals surface area (Å²) in [6, 6.07) is 7.99. The van der Waals surface area contributed by atoms with Gasteiger partial charge in [0.15, 0.2) is 0 Å². The largest absolute Gasteiger partial charge is 0.492 e. The van der Waals surface area contributed by atoms with Crippen molar-refractivity contribution in [1.82, 2.24) is 9.88 Å². The lowest BCUT2D eigenvalue weighted by Gasteiger charge is -2.30. The van der Waals surface area contributed by atoms with Gasteiger partial charge < -0.3 is 4.74 Å². The van der Waals surface area contributed by atoms with Crippen molar-refractivity contribution in [2.24, 2.45) is 11.0 Å². The zero-order chi connectivity index (χ0) is 17.5. The van der Waals surface area contributed by atoms with E-state index in [2.05, 4.69) is 27.3 Å². The van der Waals surface area contributed by atoms with E-state index in [1.165, 1.54) is 25.9 Å². The van der Waals surface area contributed by atoms with Crippen LogP contribution in [0.5, 0.6) is 5.75 Å². The van der Waals surface area contributed by atoms with E-state index in [1.54, 1.807) is 17.6 Å². The Bertz CT molecular complexity index is 700. The highest BCUT2D eigenvalue weighted by Gasteiger charge is 2.15. The number of benzene rings is 1. The zero-order valence-electron chi connectivity index (χ0n) is 14.9. The molecule has 134 valence electrons. The summed E-state index contributed by atoms with van der Waals surface area (Å²) in [5.41, 5.74) is 4.93. The highest BCUT2D eigenvalue weighted by Crippen LogP contribution is 2.18. The summed E-state index contributed by atoms with van der Waals surface area (Å²) < 4.78 is 6.01. The van der Waals surface area contributed by atoms with Gasteiger partial charge in [-0.05, 0) is 44.4 Å². The van der Waals surface area contributed by atoms with Crippen LogP contribution in [-0.4, -0.2) is 42.3 Å². The Hall–Kier alpha value is -1.92. The van der Waals surface area contributed by atoms with E-state index >= 15 is 0 Å². The van der Waals surface area contributed by atoms with Gasteiger partial charge in [0.25, 0.3) is 0 Å². The molecular formula is C19H26N4OS. The lowest BCUT2D eigenvalue weighted by atomic mass is 10.0. The van der Waals surface area contributed by atoms with Crippen LogP contribution in [0.2, 0.25) is 0 Å². The fourth-order valence-corrected chi connectivity index (χ4v) is 3.69. The third-order valence-electron chi connectivity index (χ3n) is 4.31. The number of aromatic nitrogens is 1. The Labute approximate surface area is 153 Å². The van der Waals surface area contributed by atoms with E-state index in [1.807, 2.05) is 36.6 Å². The molecule has 1 aliphatic rings. The number of ether oxygens (including phenoxy) is 1. The molecule has 0 saturated carbocycles. The number of thiazole rings is 1. The Kier molecular flexibility index (Phi) is 6.42. The summed E-state index contributed by atoms with van der Waals surface area (Å²) in [5.74, 6) is 1.67. The third-order valence-corrected chi connectivity index (χ3v) is 5.17. The molecule has 3 rings (SSSR count). The molecule has 1 aromatic heterocycles. The molecule has 1 N–H and O–H groups in total. The van der Waals surface area contributed by atoms with Gasteiger partial charge >= 0.3 is 0 Å². The molecule has 1 saturated heterocycles. The average Bonchev–Trinajstić information content (AvgIpc) is 3.02. The fourth-order valence-electron chi connectivity index (χ4n) is 3.06. The van der Waals surface area contributed by atoms with Gasteiger partial charge in [0.2, 0.25) is 5.13 Å². The number of nitrogens with zero attached hydrogens (tertiary/aromatic N) is 3. The number of hydrogen-bond acceptors (Lipinski definition) is 6. The van der Waals surface area contributed by atoms with Crippen molar-refractivity contribution in [2.45, 2.75) is 26.7 Å². The predicted molar refractivity (Wildman–Crippen MR) is 105 cm³/mol. The first-order chi connectivity index (χ1) is 12.2. The molecule has 0 spiro atoms. The summed E-state index contributed by atoms with van der Waals surface area (Å²) in [6.45, 7) is 8.36. The van der Waals surface area contributed by atoms with E-state index in [4.69, 9.17) is 4.74 Å². The number of aryl methyl sites for hydroxylation is 1. The van der Waals surface area contributed by atoms with Gasteiger partial charge in [-0.3, -0.25) is 10.3 Å². The van der Waals surface area contributed by atoms with Gasteiger partial charge in [-0.1, -0.05) is 19.1 Å². The third kappa shape index (κ3) is 5.54. The number of likely N-dealkylation sites (tertiary alicyclic amines) is 1. The standard InChI is InChI=1S/C19H26N4OS/c1-15-6-5-9-23(13-15)10-11-24-18-8-4-3-7-17(18)12-20-22-19-21-16(2)14-25-19/h3-4,7-8,12,14-15H,5-6,9-11,13H2,1-2H3,(H,21,22). The highest BCUT2D eigenvalue weighted by atomic mass is 32.1. The number of para-hydroxylation sites is 1. The van der Waals surface area contributed by atoms with Crippen LogP contribution >= 0.6 is 11.3 Å². The Morgan fingerprint density at radius 3 is 3.12 bits per heavy atom. The Morgan fingerprint density at radius 2 is 2.32 bits per heavy atom.